The summed E-state index contributed by atoms with van der Waals surface area (Å²) in [5, 5.41) is 0.165. The van der Waals surface area contributed by atoms with Gasteiger partial charge in [-0.15, -0.1) is 0 Å². The lowest BCUT2D eigenvalue weighted by atomic mass is 9.90. The van der Waals surface area contributed by atoms with E-state index in [0.29, 0.717) is 6.54 Å². The van der Waals surface area contributed by atoms with Crippen LogP contribution in [0.1, 0.15) is 24.0 Å². The first kappa shape index (κ1) is 20.6. The summed E-state index contributed by atoms with van der Waals surface area (Å²) < 4.78 is 25.8. The van der Waals surface area contributed by atoms with Gasteiger partial charge in [0.05, 0.1) is 11.6 Å². The first-order valence-electron chi connectivity index (χ1n) is 10.2. The van der Waals surface area contributed by atoms with E-state index in [-0.39, 0.29) is 16.4 Å². The van der Waals surface area contributed by atoms with E-state index < -0.39 is 0 Å². The Morgan fingerprint density at radius 2 is 1.93 bits per heavy atom. The third-order valence-electron chi connectivity index (χ3n) is 5.97. The summed E-state index contributed by atoms with van der Waals surface area (Å²) in [5.74, 6) is 0.611. The normalized spacial score (nSPS) is 19.6. The molecule has 2 aliphatic rings. The number of para-hydroxylation sites is 1. The zero-order valence-corrected chi connectivity index (χ0v) is 17.6. The van der Waals surface area contributed by atoms with Crippen LogP contribution in [0.15, 0.2) is 42.5 Å². The second kappa shape index (κ2) is 9.00. The fourth-order valence-corrected chi connectivity index (χ4v) is 4.49. The van der Waals surface area contributed by atoms with E-state index in [1.807, 2.05) is 18.2 Å². The maximum absolute atomic E-state index is 14.0. The van der Waals surface area contributed by atoms with Crippen molar-refractivity contribution in [2.24, 2.45) is 0 Å². The molecular weight excluding hydrogens is 391 g/mol. The van der Waals surface area contributed by atoms with Crippen LogP contribution in [-0.4, -0.2) is 55.3 Å². The summed E-state index contributed by atoms with van der Waals surface area (Å²) >= 11 is 5.86. The molecule has 0 amide bonds. The molecule has 2 aromatic carbocycles. The van der Waals surface area contributed by atoms with E-state index in [2.05, 4.69) is 21.9 Å². The van der Waals surface area contributed by atoms with Crippen molar-refractivity contribution in [2.75, 3.05) is 39.9 Å². The minimum atomic E-state index is -0.364. The molecule has 1 spiro atoms. The summed E-state index contributed by atoms with van der Waals surface area (Å²) in [6, 6.07) is 13.4. The Morgan fingerprint density at radius 3 is 2.69 bits per heavy atom. The van der Waals surface area contributed by atoms with Crippen LogP contribution in [-0.2, 0) is 17.8 Å². The van der Waals surface area contributed by atoms with Crippen molar-refractivity contribution >= 4 is 11.6 Å². The smallest absolute Gasteiger partial charge is 0.142 e. The average Bonchev–Trinajstić information content (AvgIpc) is 2.86. The summed E-state index contributed by atoms with van der Waals surface area (Å²) in [6.07, 6.45) is 1.94. The van der Waals surface area contributed by atoms with Gasteiger partial charge < -0.3 is 14.4 Å². The standard InChI is InChI=1S/C23H28ClFN2O2/c1-28-13-12-26-10-8-23(9-11-26)17-27(15-18-6-7-20(24)21(25)14-18)16-19-4-2-3-5-22(19)29-23/h2-7,14H,8-13,15-17H2,1H3. The number of nitrogens with zero attached hydrogens (tertiary/aromatic N) is 2. The average molecular weight is 419 g/mol. The first-order chi connectivity index (χ1) is 14.1. The molecule has 1 fully saturated rings. The molecule has 1 saturated heterocycles. The number of piperidine rings is 1. The maximum Gasteiger partial charge on any atom is 0.142 e. The van der Waals surface area contributed by atoms with Gasteiger partial charge in [0.25, 0.3) is 0 Å². The summed E-state index contributed by atoms with van der Waals surface area (Å²) in [4.78, 5) is 4.81. The van der Waals surface area contributed by atoms with Crippen molar-refractivity contribution in [1.82, 2.24) is 9.80 Å². The molecule has 0 N–H and O–H groups in total. The topological polar surface area (TPSA) is 24.9 Å². The van der Waals surface area contributed by atoms with E-state index in [4.69, 9.17) is 21.1 Å². The third kappa shape index (κ3) is 4.92. The molecule has 0 bridgehead atoms. The maximum atomic E-state index is 14.0. The zero-order valence-electron chi connectivity index (χ0n) is 16.9. The zero-order chi connectivity index (χ0) is 20.3. The van der Waals surface area contributed by atoms with Crippen molar-refractivity contribution in [3.05, 3.63) is 64.4 Å². The van der Waals surface area contributed by atoms with Crippen LogP contribution in [0.4, 0.5) is 4.39 Å². The number of hydrogen-bond acceptors (Lipinski definition) is 4. The number of methoxy groups -OCH3 is 1. The van der Waals surface area contributed by atoms with E-state index in [0.717, 1.165) is 63.5 Å². The number of benzene rings is 2. The molecule has 4 rings (SSSR count). The Labute approximate surface area is 177 Å². The van der Waals surface area contributed by atoms with Crippen molar-refractivity contribution in [2.45, 2.75) is 31.5 Å². The fraction of sp³-hybridized carbons (Fsp3) is 0.478. The van der Waals surface area contributed by atoms with E-state index in [9.17, 15) is 4.39 Å². The van der Waals surface area contributed by atoms with Gasteiger partial charge in [0.1, 0.15) is 17.2 Å². The summed E-state index contributed by atoms with van der Waals surface area (Å²) in [6.45, 7) is 5.98. The van der Waals surface area contributed by atoms with Crippen molar-refractivity contribution in [3.63, 3.8) is 0 Å². The molecule has 2 aliphatic heterocycles. The lowest BCUT2D eigenvalue weighted by molar-refractivity contribution is -0.0233. The lowest BCUT2D eigenvalue weighted by Crippen LogP contribution is -2.53. The molecule has 4 nitrogen and oxygen atoms in total. The highest BCUT2D eigenvalue weighted by Crippen LogP contribution is 2.36. The second-order valence-corrected chi connectivity index (χ2v) is 8.53. The Balaban J connectivity index is 1.54. The molecule has 0 saturated carbocycles. The largest absolute Gasteiger partial charge is 0.486 e. The van der Waals surface area contributed by atoms with Crippen LogP contribution < -0.4 is 4.74 Å². The van der Waals surface area contributed by atoms with Gasteiger partial charge in [0, 0.05) is 64.8 Å². The predicted molar refractivity (Wildman–Crippen MR) is 113 cm³/mol. The number of halogens is 2. The van der Waals surface area contributed by atoms with Gasteiger partial charge in [0.2, 0.25) is 0 Å². The fourth-order valence-electron chi connectivity index (χ4n) is 4.38. The molecule has 0 radical (unpaired) electrons. The van der Waals surface area contributed by atoms with Gasteiger partial charge in [0.15, 0.2) is 0 Å². The molecule has 2 heterocycles. The van der Waals surface area contributed by atoms with Crippen LogP contribution in [0.5, 0.6) is 5.75 Å². The molecule has 156 valence electrons. The number of hydrogen-bond donors (Lipinski definition) is 0. The van der Waals surface area contributed by atoms with Crippen molar-refractivity contribution in [3.8, 4) is 5.75 Å². The predicted octanol–water partition coefficient (Wildman–Crippen LogP) is 4.35. The Kier molecular flexibility index (Phi) is 6.40. The van der Waals surface area contributed by atoms with Crippen molar-refractivity contribution < 1.29 is 13.9 Å². The third-order valence-corrected chi connectivity index (χ3v) is 6.28. The van der Waals surface area contributed by atoms with Crippen LogP contribution in [0, 0.1) is 5.82 Å². The monoisotopic (exact) mass is 418 g/mol. The highest BCUT2D eigenvalue weighted by atomic mass is 35.5. The molecule has 29 heavy (non-hydrogen) atoms. The van der Waals surface area contributed by atoms with Gasteiger partial charge in [-0.25, -0.2) is 4.39 Å². The number of fused-ring (bicyclic) bond motifs is 1. The Morgan fingerprint density at radius 1 is 1.14 bits per heavy atom. The quantitative estimate of drug-likeness (QED) is 0.720. The van der Waals surface area contributed by atoms with Gasteiger partial charge in [-0.05, 0) is 23.8 Å². The molecular formula is C23H28ClFN2O2. The Hall–Kier alpha value is -1.66. The molecule has 0 aliphatic carbocycles. The van der Waals surface area contributed by atoms with Gasteiger partial charge in [-0.2, -0.15) is 0 Å². The first-order valence-corrected chi connectivity index (χ1v) is 10.6. The minimum Gasteiger partial charge on any atom is -0.486 e. The van der Waals surface area contributed by atoms with Gasteiger partial charge in [-0.1, -0.05) is 35.9 Å². The van der Waals surface area contributed by atoms with Crippen LogP contribution >= 0.6 is 11.6 Å². The molecule has 0 aromatic heterocycles. The highest BCUT2D eigenvalue weighted by molar-refractivity contribution is 6.30. The summed E-state index contributed by atoms with van der Waals surface area (Å²) in [7, 11) is 1.74. The van der Waals surface area contributed by atoms with E-state index >= 15 is 0 Å². The molecule has 0 unspecified atom stereocenters. The van der Waals surface area contributed by atoms with Crippen molar-refractivity contribution in [1.29, 1.82) is 0 Å². The van der Waals surface area contributed by atoms with E-state index in [1.165, 1.54) is 5.56 Å². The number of likely N-dealkylation sites (tertiary alicyclic amines) is 1. The molecule has 0 atom stereocenters. The second-order valence-electron chi connectivity index (χ2n) is 8.12. The van der Waals surface area contributed by atoms with Gasteiger partial charge >= 0.3 is 0 Å². The van der Waals surface area contributed by atoms with Gasteiger partial charge in [-0.3, -0.25) is 4.90 Å². The van der Waals surface area contributed by atoms with Crippen LogP contribution in [0.2, 0.25) is 5.02 Å². The van der Waals surface area contributed by atoms with Crippen LogP contribution in [0.25, 0.3) is 0 Å². The van der Waals surface area contributed by atoms with Crippen LogP contribution in [0.3, 0.4) is 0 Å². The molecule has 6 heteroatoms. The van der Waals surface area contributed by atoms with E-state index in [1.54, 1.807) is 19.2 Å². The number of ether oxygens (including phenoxy) is 2. The number of rotatable bonds is 5. The Bertz CT molecular complexity index is 839. The highest BCUT2D eigenvalue weighted by Gasteiger charge is 2.40. The minimum absolute atomic E-state index is 0.165. The SMILES string of the molecule is COCCN1CCC2(CC1)CN(Cc1ccc(Cl)c(F)c1)Cc1ccccc1O2. The summed E-state index contributed by atoms with van der Waals surface area (Å²) in [5.41, 5.74) is 1.89. The lowest BCUT2D eigenvalue weighted by Gasteiger charge is -2.43. The molecule has 2 aromatic rings.